The van der Waals surface area contributed by atoms with Gasteiger partial charge in [0.1, 0.15) is 5.83 Å². The van der Waals surface area contributed by atoms with Crippen LogP contribution < -0.4 is 0 Å². The first-order valence-corrected chi connectivity index (χ1v) is 8.81. The van der Waals surface area contributed by atoms with Crippen LogP contribution in [0.4, 0.5) is 8.78 Å². The zero-order chi connectivity index (χ0) is 16.8. The van der Waals surface area contributed by atoms with Gasteiger partial charge in [-0.05, 0) is 51.0 Å². The lowest BCUT2D eigenvalue weighted by molar-refractivity contribution is 0.261. The smallest absolute Gasteiger partial charge is 0.162 e. The lowest BCUT2D eigenvalue weighted by atomic mass is 9.79. The van der Waals surface area contributed by atoms with Gasteiger partial charge in [0.15, 0.2) is 5.83 Å². The summed E-state index contributed by atoms with van der Waals surface area (Å²) in [7, 11) is 0. The van der Waals surface area contributed by atoms with Gasteiger partial charge >= 0.3 is 0 Å². The number of rotatable bonds is 5. The van der Waals surface area contributed by atoms with Gasteiger partial charge in [-0.2, -0.15) is 0 Å². The van der Waals surface area contributed by atoms with Crippen LogP contribution in [0, 0.1) is 11.8 Å². The summed E-state index contributed by atoms with van der Waals surface area (Å²) < 4.78 is 28.9. The fourth-order valence-electron chi connectivity index (χ4n) is 3.49. The predicted molar refractivity (Wildman–Crippen MR) is 95.3 cm³/mol. The zero-order valence-corrected chi connectivity index (χ0v) is 14.5. The maximum absolute atomic E-state index is 14.5. The van der Waals surface area contributed by atoms with Crippen molar-refractivity contribution in [2.75, 3.05) is 0 Å². The Hall–Kier alpha value is -1.44. The van der Waals surface area contributed by atoms with E-state index in [1.165, 1.54) is 18.4 Å². The molecule has 1 fully saturated rings. The fraction of sp³-hybridized carbons (Fsp3) is 0.524. The maximum Gasteiger partial charge on any atom is 0.162 e. The first-order chi connectivity index (χ1) is 11.0. The van der Waals surface area contributed by atoms with Crippen molar-refractivity contribution in [1.29, 1.82) is 0 Å². The third-order valence-electron chi connectivity index (χ3n) is 4.73. The topological polar surface area (TPSA) is 0 Å². The quantitative estimate of drug-likeness (QED) is 0.533. The highest BCUT2D eigenvalue weighted by Crippen LogP contribution is 2.38. The lowest BCUT2D eigenvalue weighted by Crippen LogP contribution is -2.15. The first kappa shape index (κ1) is 17.9. The molecule has 1 aliphatic carbocycles. The Morgan fingerprint density at radius 2 is 1.65 bits per heavy atom. The van der Waals surface area contributed by atoms with E-state index in [0.29, 0.717) is 11.5 Å². The van der Waals surface area contributed by atoms with Crippen LogP contribution in [0.25, 0.3) is 11.9 Å². The zero-order valence-electron chi connectivity index (χ0n) is 14.5. The minimum absolute atomic E-state index is 0.236. The molecule has 0 amide bonds. The molecule has 1 saturated carbocycles. The largest absolute Gasteiger partial charge is 0.208 e. The molecule has 2 heteroatoms. The van der Waals surface area contributed by atoms with Crippen molar-refractivity contribution in [1.82, 2.24) is 0 Å². The summed E-state index contributed by atoms with van der Waals surface area (Å²) in [6, 6.07) is 7.03. The highest BCUT2D eigenvalue weighted by Gasteiger charge is 2.26. The fourth-order valence-corrected chi connectivity index (χ4v) is 3.49. The molecule has 0 saturated heterocycles. The Morgan fingerprint density at radius 1 is 1.04 bits per heavy atom. The molecule has 0 radical (unpaired) electrons. The molecule has 1 aliphatic rings. The molecule has 0 unspecified atom stereocenters. The minimum atomic E-state index is -0.673. The maximum atomic E-state index is 14.5. The Bertz CT molecular complexity index is 554. The minimum Gasteiger partial charge on any atom is -0.208 e. The molecule has 0 spiro atoms. The number of hydrogen-bond acceptors (Lipinski definition) is 0. The molecule has 0 aromatic heterocycles. The van der Waals surface area contributed by atoms with E-state index >= 15 is 0 Å². The molecular weight excluding hydrogens is 290 g/mol. The van der Waals surface area contributed by atoms with Gasteiger partial charge in [0.25, 0.3) is 0 Å². The van der Waals surface area contributed by atoms with Gasteiger partial charge in [-0.3, -0.25) is 0 Å². The summed E-state index contributed by atoms with van der Waals surface area (Å²) in [6.07, 6.45) is 8.03. The van der Waals surface area contributed by atoms with Crippen molar-refractivity contribution in [3.8, 4) is 0 Å². The van der Waals surface area contributed by atoms with Crippen molar-refractivity contribution >= 4 is 11.9 Å². The number of allylic oxidation sites excluding steroid dienone is 2. The van der Waals surface area contributed by atoms with E-state index < -0.39 is 11.7 Å². The monoisotopic (exact) mass is 318 g/mol. The molecule has 0 aliphatic heterocycles. The van der Waals surface area contributed by atoms with E-state index in [4.69, 9.17) is 0 Å². The molecule has 2 rings (SSSR count). The highest BCUT2D eigenvalue weighted by atomic mass is 19.2. The van der Waals surface area contributed by atoms with Gasteiger partial charge < -0.3 is 0 Å². The van der Waals surface area contributed by atoms with E-state index in [0.717, 1.165) is 31.2 Å². The van der Waals surface area contributed by atoms with Crippen molar-refractivity contribution in [2.45, 2.75) is 59.3 Å². The standard InChI is InChI=1S/C21H28F2/c1-4-5-16-6-10-18(11-7-16)20(22)21(23)19-12-8-17(9-13-19)14-15(2)3/h8-9,12-14,16,18H,4-7,10-11H2,1-3H3/b21-20+. The number of halogens is 2. The van der Waals surface area contributed by atoms with E-state index in [9.17, 15) is 8.78 Å². The molecule has 1 aromatic carbocycles. The van der Waals surface area contributed by atoms with Crippen molar-refractivity contribution in [2.24, 2.45) is 11.8 Å². The van der Waals surface area contributed by atoms with E-state index in [1.807, 2.05) is 32.1 Å². The molecule has 0 atom stereocenters. The Morgan fingerprint density at radius 3 is 2.17 bits per heavy atom. The second-order valence-electron chi connectivity index (χ2n) is 7.01. The van der Waals surface area contributed by atoms with Crippen LogP contribution in [-0.4, -0.2) is 0 Å². The van der Waals surface area contributed by atoms with Crippen molar-refractivity contribution in [3.05, 3.63) is 46.8 Å². The van der Waals surface area contributed by atoms with Crippen LogP contribution in [0.1, 0.15) is 70.4 Å². The van der Waals surface area contributed by atoms with Crippen LogP contribution in [0.5, 0.6) is 0 Å². The lowest BCUT2D eigenvalue weighted by Gasteiger charge is -2.27. The third-order valence-corrected chi connectivity index (χ3v) is 4.73. The molecular formula is C21H28F2. The van der Waals surface area contributed by atoms with Gasteiger partial charge in [-0.25, -0.2) is 8.78 Å². The SMILES string of the molecule is CCCC1CCC(/C(F)=C(\F)c2ccc(C=C(C)C)cc2)CC1. The average Bonchev–Trinajstić information content (AvgIpc) is 2.55. The van der Waals surface area contributed by atoms with Crippen LogP contribution in [0.3, 0.4) is 0 Å². The Kier molecular flexibility index (Phi) is 6.56. The Labute approximate surface area is 139 Å². The average molecular weight is 318 g/mol. The highest BCUT2D eigenvalue weighted by molar-refractivity contribution is 5.63. The molecule has 1 aromatic rings. The summed E-state index contributed by atoms with van der Waals surface area (Å²) >= 11 is 0. The van der Waals surface area contributed by atoms with E-state index in [1.54, 1.807) is 12.1 Å². The number of benzene rings is 1. The van der Waals surface area contributed by atoms with Gasteiger partial charge in [-0.15, -0.1) is 0 Å². The van der Waals surface area contributed by atoms with Crippen molar-refractivity contribution in [3.63, 3.8) is 0 Å². The summed E-state index contributed by atoms with van der Waals surface area (Å²) in [5.74, 6) is -0.751. The summed E-state index contributed by atoms with van der Waals surface area (Å²) in [5, 5.41) is 0. The first-order valence-electron chi connectivity index (χ1n) is 8.81. The van der Waals surface area contributed by atoms with Crippen LogP contribution >= 0.6 is 0 Å². The molecule has 0 nitrogen and oxygen atoms in total. The molecule has 0 bridgehead atoms. The normalized spacial score (nSPS) is 22.5. The van der Waals surface area contributed by atoms with Gasteiger partial charge in [0, 0.05) is 11.5 Å². The number of hydrogen-bond donors (Lipinski definition) is 0. The summed E-state index contributed by atoms with van der Waals surface area (Å²) in [5.41, 5.74) is 2.55. The second-order valence-corrected chi connectivity index (χ2v) is 7.01. The summed E-state index contributed by atoms with van der Waals surface area (Å²) in [6.45, 7) is 6.22. The third kappa shape index (κ3) is 5.02. The summed E-state index contributed by atoms with van der Waals surface area (Å²) in [4.78, 5) is 0. The second kappa shape index (κ2) is 8.42. The van der Waals surface area contributed by atoms with Crippen LogP contribution in [-0.2, 0) is 0 Å². The molecule has 23 heavy (non-hydrogen) atoms. The molecule has 0 N–H and O–H groups in total. The van der Waals surface area contributed by atoms with Gasteiger partial charge in [0.2, 0.25) is 0 Å². The van der Waals surface area contributed by atoms with Crippen molar-refractivity contribution < 1.29 is 8.78 Å². The van der Waals surface area contributed by atoms with E-state index in [2.05, 4.69) is 6.92 Å². The Balaban J connectivity index is 2.07. The van der Waals surface area contributed by atoms with Crippen LogP contribution in [0.15, 0.2) is 35.7 Å². The van der Waals surface area contributed by atoms with Gasteiger partial charge in [-0.1, -0.05) is 55.7 Å². The van der Waals surface area contributed by atoms with E-state index in [-0.39, 0.29) is 5.92 Å². The predicted octanol–water partition coefficient (Wildman–Crippen LogP) is 7.32. The molecule has 0 heterocycles. The van der Waals surface area contributed by atoms with Gasteiger partial charge in [0.05, 0.1) is 0 Å². The van der Waals surface area contributed by atoms with Crippen LogP contribution in [0.2, 0.25) is 0 Å². The molecule has 126 valence electrons.